The van der Waals surface area contributed by atoms with Crippen LogP contribution in [-0.4, -0.2) is 63.4 Å². The van der Waals surface area contributed by atoms with Crippen molar-refractivity contribution in [3.8, 4) is 5.75 Å². The highest BCUT2D eigenvalue weighted by molar-refractivity contribution is 5.80. The quantitative estimate of drug-likeness (QED) is 0.537. The summed E-state index contributed by atoms with van der Waals surface area (Å²) in [4.78, 5) is 7.57. The molecule has 2 aliphatic heterocycles. The minimum atomic E-state index is 0.147. The van der Waals surface area contributed by atoms with Crippen molar-refractivity contribution in [3.63, 3.8) is 0 Å². The Hall–Kier alpha value is -1.79. The fourth-order valence-corrected chi connectivity index (χ4v) is 6.07. The molecule has 0 aromatic heterocycles. The van der Waals surface area contributed by atoms with E-state index in [-0.39, 0.29) is 5.41 Å². The average Bonchev–Trinajstić information content (AvgIpc) is 3.23. The van der Waals surface area contributed by atoms with Crippen molar-refractivity contribution in [3.05, 3.63) is 29.8 Å². The van der Waals surface area contributed by atoms with Crippen molar-refractivity contribution in [2.45, 2.75) is 58.2 Å². The van der Waals surface area contributed by atoms with Crippen molar-refractivity contribution in [2.75, 3.05) is 40.4 Å². The van der Waals surface area contributed by atoms with Crippen LogP contribution >= 0.6 is 0 Å². The normalized spacial score (nSPS) is 32.8. The fraction of sp³-hybridized carbons (Fsp3) is 0.720. The van der Waals surface area contributed by atoms with E-state index in [0.29, 0.717) is 30.0 Å². The Kier molecular flexibility index (Phi) is 6.77. The predicted molar refractivity (Wildman–Crippen MR) is 126 cm³/mol. The van der Waals surface area contributed by atoms with E-state index in [4.69, 9.17) is 14.5 Å². The summed E-state index contributed by atoms with van der Waals surface area (Å²) in [5.74, 6) is 2.96. The van der Waals surface area contributed by atoms with Gasteiger partial charge in [-0.1, -0.05) is 26.0 Å². The van der Waals surface area contributed by atoms with E-state index in [0.717, 1.165) is 44.4 Å². The maximum absolute atomic E-state index is 5.97. The zero-order valence-electron chi connectivity index (χ0n) is 19.9. The van der Waals surface area contributed by atoms with Gasteiger partial charge in [-0.25, -0.2) is 0 Å². The first-order chi connectivity index (χ1) is 15.0. The maximum atomic E-state index is 5.97. The Bertz CT molecular complexity index is 763. The molecule has 31 heavy (non-hydrogen) atoms. The number of benzene rings is 1. The molecule has 6 nitrogen and oxygen atoms in total. The molecular weight excluding hydrogens is 388 g/mol. The number of guanidine groups is 1. The summed E-state index contributed by atoms with van der Waals surface area (Å²) in [6, 6.07) is 9.37. The summed E-state index contributed by atoms with van der Waals surface area (Å²) in [6.07, 6.45) is 3.97. The molecule has 2 heterocycles. The zero-order valence-corrected chi connectivity index (χ0v) is 19.9. The van der Waals surface area contributed by atoms with E-state index in [1.807, 2.05) is 0 Å². The minimum absolute atomic E-state index is 0.147. The van der Waals surface area contributed by atoms with Crippen molar-refractivity contribution in [1.82, 2.24) is 15.5 Å². The maximum Gasteiger partial charge on any atom is 0.191 e. The lowest BCUT2D eigenvalue weighted by molar-refractivity contribution is -0.106. The molecule has 172 valence electrons. The first-order valence-electron chi connectivity index (χ1n) is 12.0. The van der Waals surface area contributed by atoms with Gasteiger partial charge in [0.2, 0.25) is 0 Å². The van der Waals surface area contributed by atoms with Gasteiger partial charge < -0.3 is 20.1 Å². The molecule has 5 atom stereocenters. The standard InChI is InChI=1S/C25H40N4O2/c1-6-26-24(28-22-20-13-15-31-23(20)25(22,2)3)27-16-18-8-7-14-29(4)21(18)17-9-11-19(30-5)12-10-17/h9-12,18,20-23H,6-8,13-16H2,1-5H3,(H2,26,27,28). The molecule has 0 amide bonds. The van der Waals surface area contributed by atoms with Crippen LogP contribution in [0.2, 0.25) is 0 Å². The number of fused-ring (bicyclic) bond motifs is 1. The number of hydrogen-bond acceptors (Lipinski definition) is 4. The summed E-state index contributed by atoms with van der Waals surface area (Å²) in [5, 5.41) is 7.25. The number of rotatable bonds is 6. The molecule has 0 radical (unpaired) electrons. The van der Waals surface area contributed by atoms with Crippen molar-refractivity contribution in [1.29, 1.82) is 0 Å². The van der Waals surface area contributed by atoms with Crippen molar-refractivity contribution < 1.29 is 9.47 Å². The second kappa shape index (κ2) is 9.37. The summed E-state index contributed by atoms with van der Waals surface area (Å²) in [5.41, 5.74) is 1.50. The first-order valence-corrected chi connectivity index (χ1v) is 12.0. The van der Waals surface area contributed by atoms with Gasteiger partial charge in [0.1, 0.15) is 5.75 Å². The second-order valence-corrected chi connectivity index (χ2v) is 10.0. The molecule has 0 spiro atoms. The molecule has 1 aromatic carbocycles. The number of likely N-dealkylation sites (tertiary alicyclic amines) is 1. The van der Waals surface area contributed by atoms with Crippen LogP contribution in [0.1, 0.15) is 51.6 Å². The van der Waals surface area contributed by atoms with Crippen LogP contribution in [0.15, 0.2) is 29.3 Å². The summed E-state index contributed by atoms with van der Waals surface area (Å²) < 4.78 is 11.3. The highest BCUT2D eigenvalue weighted by Gasteiger charge is 2.59. The molecule has 3 aliphatic rings. The lowest BCUT2D eigenvalue weighted by atomic mass is 9.57. The molecule has 2 N–H and O–H groups in total. The van der Waals surface area contributed by atoms with Crippen LogP contribution in [0.3, 0.4) is 0 Å². The van der Waals surface area contributed by atoms with Gasteiger partial charge in [0.05, 0.1) is 13.2 Å². The van der Waals surface area contributed by atoms with Gasteiger partial charge in [0, 0.05) is 43.1 Å². The summed E-state index contributed by atoms with van der Waals surface area (Å²) in [6.45, 7) is 10.5. The molecule has 5 unspecified atom stereocenters. The fourth-order valence-electron chi connectivity index (χ4n) is 6.07. The molecule has 1 aliphatic carbocycles. The van der Waals surface area contributed by atoms with Crippen LogP contribution in [-0.2, 0) is 4.74 Å². The van der Waals surface area contributed by atoms with E-state index < -0.39 is 0 Å². The van der Waals surface area contributed by atoms with Crippen LogP contribution in [0, 0.1) is 17.3 Å². The van der Waals surface area contributed by atoms with Crippen LogP contribution in [0.5, 0.6) is 5.75 Å². The largest absolute Gasteiger partial charge is 0.497 e. The van der Waals surface area contributed by atoms with E-state index in [1.165, 1.54) is 18.4 Å². The number of aliphatic imine (C=N–C) groups is 1. The van der Waals surface area contributed by atoms with Crippen LogP contribution in [0.25, 0.3) is 0 Å². The molecule has 1 saturated carbocycles. The van der Waals surface area contributed by atoms with Gasteiger partial charge >= 0.3 is 0 Å². The summed E-state index contributed by atoms with van der Waals surface area (Å²) >= 11 is 0. The molecule has 0 bridgehead atoms. The number of nitrogens with zero attached hydrogens (tertiary/aromatic N) is 2. The van der Waals surface area contributed by atoms with E-state index >= 15 is 0 Å². The number of piperidine rings is 1. The molecule has 4 rings (SSSR count). The Morgan fingerprint density at radius 3 is 2.74 bits per heavy atom. The zero-order chi connectivity index (χ0) is 22.0. The SMILES string of the molecule is CCNC(=NCC1CCCN(C)C1c1ccc(OC)cc1)NC1C2CCOC2C1(C)C. The third-order valence-corrected chi connectivity index (χ3v) is 7.69. The van der Waals surface area contributed by atoms with E-state index in [1.54, 1.807) is 7.11 Å². The highest BCUT2D eigenvalue weighted by atomic mass is 16.5. The topological polar surface area (TPSA) is 58.1 Å². The van der Waals surface area contributed by atoms with E-state index in [9.17, 15) is 0 Å². The number of methoxy groups -OCH3 is 1. The number of ether oxygens (including phenoxy) is 2. The third-order valence-electron chi connectivity index (χ3n) is 7.69. The molecule has 2 saturated heterocycles. The summed E-state index contributed by atoms with van der Waals surface area (Å²) in [7, 11) is 3.96. The average molecular weight is 429 g/mol. The van der Waals surface area contributed by atoms with Gasteiger partial charge in [-0.05, 0) is 63.4 Å². The second-order valence-electron chi connectivity index (χ2n) is 10.0. The van der Waals surface area contributed by atoms with Gasteiger partial charge in [-0.3, -0.25) is 9.89 Å². The Balaban J connectivity index is 1.47. The predicted octanol–water partition coefficient (Wildman–Crippen LogP) is 3.45. The van der Waals surface area contributed by atoms with E-state index in [2.05, 4.69) is 67.6 Å². The van der Waals surface area contributed by atoms with Crippen LogP contribution in [0.4, 0.5) is 0 Å². The smallest absolute Gasteiger partial charge is 0.191 e. The first kappa shape index (κ1) is 22.4. The molecule has 6 heteroatoms. The van der Waals surface area contributed by atoms with Crippen LogP contribution < -0.4 is 15.4 Å². The minimum Gasteiger partial charge on any atom is -0.497 e. The van der Waals surface area contributed by atoms with Gasteiger partial charge in [0.15, 0.2) is 5.96 Å². The Morgan fingerprint density at radius 2 is 2.03 bits per heavy atom. The molecule has 3 fully saturated rings. The van der Waals surface area contributed by atoms with Gasteiger partial charge in [0.25, 0.3) is 0 Å². The Morgan fingerprint density at radius 1 is 1.26 bits per heavy atom. The molecule has 1 aromatic rings. The van der Waals surface area contributed by atoms with Crippen molar-refractivity contribution in [2.24, 2.45) is 22.2 Å². The van der Waals surface area contributed by atoms with Crippen molar-refractivity contribution >= 4 is 5.96 Å². The van der Waals surface area contributed by atoms with Gasteiger partial charge in [-0.15, -0.1) is 0 Å². The number of nitrogens with one attached hydrogen (secondary N) is 2. The molecular formula is C25H40N4O2. The Labute approximate surface area is 187 Å². The van der Waals surface area contributed by atoms with Gasteiger partial charge in [-0.2, -0.15) is 0 Å². The lowest BCUT2D eigenvalue weighted by Crippen LogP contribution is -2.68. The lowest BCUT2D eigenvalue weighted by Gasteiger charge is -2.55. The third kappa shape index (κ3) is 4.42. The highest BCUT2D eigenvalue weighted by Crippen LogP contribution is 2.52. The number of hydrogen-bond donors (Lipinski definition) is 2. The monoisotopic (exact) mass is 428 g/mol.